The molecule has 114 valence electrons. The van der Waals surface area contributed by atoms with Crippen molar-refractivity contribution in [2.75, 3.05) is 20.3 Å². The lowest BCUT2D eigenvalue weighted by molar-refractivity contribution is -0.150. The van der Waals surface area contributed by atoms with Crippen LogP contribution in [0.3, 0.4) is 0 Å². The molecule has 0 spiro atoms. The summed E-state index contributed by atoms with van der Waals surface area (Å²) in [4.78, 5) is 24.7. The number of likely N-dealkylation sites (tertiary alicyclic amines) is 1. The van der Waals surface area contributed by atoms with E-state index in [0.717, 1.165) is 0 Å². The maximum Gasteiger partial charge on any atom is 0.326 e. The molecule has 2 unspecified atom stereocenters. The van der Waals surface area contributed by atoms with E-state index in [4.69, 9.17) is 9.47 Å². The van der Waals surface area contributed by atoms with Crippen LogP contribution in [0.4, 0.5) is 0 Å². The van der Waals surface area contributed by atoms with Gasteiger partial charge in [-0.15, -0.1) is 0 Å². The van der Waals surface area contributed by atoms with E-state index in [1.165, 1.54) is 4.90 Å². The molecule has 2 atom stereocenters. The van der Waals surface area contributed by atoms with E-state index in [1.54, 1.807) is 31.4 Å². The Morgan fingerprint density at radius 1 is 1.29 bits per heavy atom. The number of carboxylic acid groups (broad SMARTS) is 1. The van der Waals surface area contributed by atoms with E-state index in [-0.39, 0.29) is 18.4 Å². The van der Waals surface area contributed by atoms with E-state index < -0.39 is 12.0 Å². The lowest BCUT2D eigenvalue weighted by Crippen LogP contribution is -2.44. The molecule has 1 N–H and O–H groups in total. The maximum absolute atomic E-state index is 12.1. The molecule has 0 aromatic heterocycles. The molecule has 0 saturated carbocycles. The highest BCUT2D eigenvalue weighted by Crippen LogP contribution is 2.24. The van der Waals surface area contributed by atoms with E-state index in [0.29, 0.717) is 24.5 Å². The molecule has 1 aliphatic rings. The number of aliphatic carboxylic acids is 1. The Balaban J connectivity index is 1.93. The fourth-order valence-electron chi connectivity index (χ4n) is 2.50. The Morgan fingerprint density at radius 3 is 2.48 bits per heavy atom. The number of hydrogen-bond donors (Lipinski definition) is 1. The van der Waals surface area contributed by atoms with Crippen molar-refractivity contribution in [3.63, 3.8) is 0 Å². The highest BCUT2D eigenvalue weighted by Gasteiger charge is 2.39. The molecule has 1 saturated heterocycles. The van der Waals surface area contributed by atoms with Gasteiger partial charge in [0.05, 0.1) is 7.11 Å². The smallest absolute Gasteiger partial charge is 0.326 e. The summed E-state index contributed by atoms with van der Waals surface area (Å²) < 4.78 is 10.4. The van der Waals surface area contributed by atoms with Crippen LogP contribution in [0.15, 0.2) is 24.3 Å². The number of carbonyl (C=O) groups is 2. The molecule has 1 amide bonds. The summed E-state index contributed by atoms with van der Waals surface area (Å²) in [5, 5.41) is 9.20. The van der Waals surface area contributed by atoms with Crippen molar-refractivity contribution in [1.29, 1.82) is 0 Å². The zero-order valence-electron chi connectivity index (χ0n) is 12.1. The second-order valence-corrected chi connectivity index (χ2v) is 5.10. The van der Waals surface area contributed by atoms with E-state index in [1.807, 2.05) is 6.92 Å². The summed E-state index contributed by atoms with van der Waals surface area (Å²) >= 11 is 0. The number of rotatable bonds is 5. The molecule has 21 heavy (non-hydrogen) atoms. The Morgan fingerprint density at radius 2 is 1.90 bits per heavy atom. The average Bonchev–Trinajstić information content (AvgIpc) is 2.87. The molecule has 0 aliphatic carbocycles. The molecule has 1 aromatic carbocycles. The normalized spacial score (nSPS) is 21.1. The van der Waals surface area contributed by atoms with Gasteiger partial charge in [-0.25, -0.2) is 4.79 Å². The van der Waals surface area contributed by atoms with Gasteiger partial charge in [0.15, 0.2) is 6.61 Å². The van der Waals surface area contributed by atoms with Crippen molar-refractivity contribution in [2.24, 2.45) is 5.92 Å². The number of carbonyl (C=O) groups excluding carboxylic acids is 1. The third kappa shape index (κ3) is 3.45. The van der Waals surface area contributed by atoms with Gasteiger partial charge in [-0.3, -0.25) is 4.79 Å². The third-order valence-corrected chi connectivity index (χ3v) is 3.70. The van der Waals surface area contributed by atoms with Gasteiger partial charge >= 0.3 is 5.97 Å². The van der Waals surface area contributed by atoms with Crippen molar-refractivity contribution in [3.05, 3.63) is 24.3 Å². The van der Waals surface area contributed by atoms with Crippen LogP contribution in [0, 0.1) is 5.92 Å². The van der Waals surface area contributed by atoms with Crippen LogP contribution in [0.25, 0.3) is 0 Å². The van der Waals surface area contributed by atoms with E-state index in [9.17, 15) is 14.7 Å². The second kappa shape index (κ2) is 6.47. The second-order valence-electron chi connectivity index (χ2n) is 5.10. The van der Waals surface area contributed by atoms with Crippen molar-refractivity contribution in [1.82, 2.24) is 4.90 Å². The first-order valence-electron chi connectivity index (χ1n) is 6.82. The average molecular weight is 293 g/mol. The van der Waals surface area contributed by atoms with Gasteiger partial charge in [-0.05, 0) is 36.6 Å². The number of benzene rings is 1. The Labute approximate surface area is 123 Å². The highest BCUT2D eigenvalue weighted by atomic mass is 16.5. The largest absolute Gasteiger partial charge is 0.497 e. The molecule has 0 bridgehead atoms. The predicted molar refractivity (Wildman–Crippen MR) is 75.4 cm³/mol. The van der Waals surface area contributed by atoms with Crippen LogP contribution in [-0.2, 0) is 9.59 Å². The van der Waals surface area contributed by atoms with Gasteiger partial charge in [0.2, 0.25) is 0 Å². The van der Waals surface area contributed by atoms with Gasteiger partial charge < -0.3 is 19.5 Å². The minimum Gasteiger partial charge on any atom is -0.497 e. The Kier molecular flexibility index (Phi) is 4.67. The standard InChI is InChI=1S/C15H19NO5/c1-10-7-8-16(14(10)15(18)19)13(17)9-21-12-5-3-11(20-2)4-6-12/h3-6,10,14H,7-9H2,1-2H3,(H,18,19). The Bertz CT molecular complexity index is 513. The van der Waals surface area contributed by atoms with Crippen molar-refractivity contribution < 1.29 is 24.2 Å². The number of nitrogens with zero attached hydrogens (tertiary/aromatic N) is 1. The molecular weight excluding hydrogens is 274 g/mol. The number of methoxy groups -OCH3 is 1. The first-order chi connectivity index (χ1) is 10.0. The summed E-state index contributed by atoms with van der Waals surface area (Å²) in [5.74, 6) is -0.0518. The lowest BCUT2D eigenvalue weighted by atomic mass is 10.0. The van der Waals surface area contributed by atoms with Crippen LogP contribution in [0.5, 0.6) is 11.5 Å². The molecular formula is C15H19NO5. The predicted octanol–water partition coefficient (Wildman–Crippen LogP) is 1.40. The molecule has 6 nitrogen and oxygen atoms in total. The van der Waals surface area contributed by atoms with Crippen LogP contribution in [-0.4, -0.2) is 48.2 Å². The van der Waals surface area contributed by atoms with Gasteiger partial charge in [-0.2, -0.15) is 0 Å². The first-order valence-corrected chi connectivity index (χ1v) is 6.82. The fourth-order valence-corrected chi connectivity index (χ4v) is 2.50. The lowest BCUT2D eigenvalue weighted by Gasteiger charge is -2.23. The zero-order chi connectivity index (χ0) is 15.4. The molecule has 2 rings (SSSR count). The van der Waals surface area contributed by atoms with Crippen LogP contribution >= 0.6 is 0 Å². The van der Waals surface area contributed by atoms with Gasteiger partial charge in [0.1, 0.15) is 17.5 Å². The van der Waals surface area contributed by atoms with Crippen LogP contribution in [0.2, 0.25) is 0 Å². The summed E-state index contributed by atoms with van der Waals surface area (Å²) in [6.45, 7) is 2.14. The maximum atomic E-state index is 12.1. The summed E-state index contributed by atoms with van der Waals surface area (Å²) in [7, 11) is 1.57. The molecule has 0 radical (unpaired) electrons. The monoisotopic (exact) mass is 293 g/mol. The minimum absolute atomic E-state index is 0.0348. The van der Waals surface area contributed by atoms with E-state index in [2.05, 4.69) is 0 Å². The summed E-state index contributed by atoms with van der Waals surface area (Å²) in [5.41, 5.74) is 0. The summed E-state index contributed by atoms with van der Waals surface area (Å²) in [6.07, 6.45) is 0.700. The molecule has 1 aromatic rings. The van der Waals surface area contributed by atoms with Crippen molar-refractivity contribution >= 4 is 11.9 Å². The quantitative estimate of drug-likeness (QED) is 0.888. The molecule has 1 heterocycles. The Hall–Kier alpha value is -2.24. The van der Waals surface area contributed by atoms with Gasteiger partial charge in [0, 0.05) is 6.54 Å². The number of ether oxygens (including phenoxy) is 2. The molecule has 1 fully saturated rings. The zero-order valence-corrected chi connectivity index (χ0v) is 12.1. The van der Waals surface area contributed by atoms with Crippen molar-refractivity contribution in [3.8, 4) is 11.5 Å². The third-order valence-electron chi connectivity index (χ3n) is 3.70. The number of hydrogen-bond acceptors (Lipinski definition) is 4. The topological polar surface area (TPSA) is 76.1 Å². The van der Waals surface area contributed by atoms with Gasteiger partial charge in [0.25, 0.3) is 5.91 Å². The first kappa shape index (κ1) is 15.2. The minimum atomic E-state index is -0.960. The van der Waals surface area contributed by atoms with Crippen LogP contribution < -0.4 is 9.47 Å². The SMILES string of the molecule is COc1ccc(OCC(=O)N2CCC(C)C2C(=O)O)cc1. The highest BCUT2D eigenvalue weighted by molar-refractivity contribution is 5.85. The summed E-state index contributed by atoms with van der Waals surface area (Å²) in [6, 6.07) is 6.12. The molecule has 1 aliphatic heterocycles. The molecule has 6 heteroatoms. The number of amides is 1. The van der Waals surface area contributed by atoms with Crippen LogP contribution in [0.1, 0.15) is 13.3 Å². The van der Waals surface area contributed by atoms with E-state index >= 15 is 0 Å². The van der Waals surface area contributed by atoms with Crippen molar-refractivity contribution in [2.45, 2.75) is 19.4 Å². The number of carboxylic acids is 1. The van der Waals surface area contributed by atoms with Gasteiger partial charge in [-0.1, -0.05) is 6.92 Å². The fraction of sp³-hybridized carbons (Fsp3) is 0.467.